The SMILES string of the molecule is CCN(CC)c1ccc2c(-c3ccc(S(=O)(=O)NCCCCCCCCCCCCNC(=O)NCCCC[C@H](NC(=O)Cc4csc(=N)n4C)C(=O)N[C@@H](Cc4cn(Cc5ccccc5)cn4)C(=O)NC4CCN(C)CC4)cc3S(=O)(=O)[O-])c3ccc(=[N+](CC)CC)cc-3oc2c1. The van der Waals surface area contributed by atoms with Gasteiger partial charge < -0.3 is 54.5 Å². The highest BCUT2D eigenvalue weighted by molar-refractivity contribution is 7.89. The zero-order valence-corrected chi connectivity index (χ0v) is 59.6. The van der Waals surface area contributed by atoms with E-state index in [0.717, 1.165) is 133 Å². The summed E-state index contributed by atoms with van der Waals surface area (Å²) in [7, 11) is -5.59. The number of anilines is 1. The second kappa shape index (κ2) is 36.7. The lowest BCUT2D eigenvalue weighted by atomic mass is 9.93. The number of rotatable bonds is 38. The number of hydrogen-bond donors (Lipinski definition) is 7. The van der Waals surface area contributed by atoms with Crippen LogP contribution in [-0.4, -0.2) is 148 Å². The van der Waals surface area contributed by atoms with E-state index >= 15 is 0 Å². The Bertz CT molecular complexity index is 4080. The van der Waals surface area contributed by atoms with Gasteiger partial charge in [-0.2, -0.15) is 0 Å². The molecule has 526 valence electrons. The zero-order chi connectivity index (χ0) is 69.5. The summed E-state index contributed by atoms with van der Waals surface area (Å²) in [6.07, 6.45) is 15.8. The topological polar surface area (TPSA) is 301 Å². The summed E-state index contributed by atoms with van der Waals surface area (Å²) in [5, 5.41) is 26.2. The quantitative estimate of drug-likeness (QED) is 0.00832. The Labute approximate surface area is 575 Å². The molecule has 4 heterocycles. The number of piperidine rings is 1. The number of benzene rings is 4. The molecule has 7 N–H and O–H groups in total. The predicted octanol–water partition coefficient (Wildman–Crippen LogP) is 8.21. The number of amides is 5. The molecular weight excluding hydrogens is 1290 g/mol. The summed E-state index contributed by atoms with van der Waals surface area (Å²) in [6.45, 7) is 14.5. The van der Waals surface area contributed by atoms with Crippen molar-refractivity contribution >= 4 is 71.9 Å². The molecule has 1 fully saturated rings. The van der Waals surface area contributed by atoms with E-state index in [2.05, 4.69) is 85.4 Å². The Kier molecular flexibility index (Phi) is 28.4. The third kappa shape index (κ3) is 21.9. The van der Waals surface area contributed by atoms with Crippen LogP contribution < -0.4 is 50.9 Å². The fraction of sp³-hybridized carbons (Fsp3) is 0.507. The van der Waals surface area contributed by atoms with Crippen molar-refractivity contribution in [3.63, 3.8) is 0 Å². The average Bonchev–Trinajstić information content (AvgIpc) is 1.22. The molecule has 23 nitrogen and oxygen atoms in total. The first-order valence-electron chi connectivity index (χ1n) is 34.4. The summed E-state index contributed by atoms with van der Waals surface area (Å²) >= 11 is 1.21. The number of aromatic nitrogens is 3. The van der Waals surface area contributed by atoms with Gasteiger partial charge in [0, 0.05) is 116 Å². The Balaban J connectivity index is 0.737. The lowest BCUT2D eigenvalue weighted by Gasteiger charge is -2.31. The Morgan fingerprint density at radius 3 is 2.04 bits per heavy atom. The minimum atomic E-state index is -5.18. The first-order chi connectivity index (χ1) is 46.7. The van der Waals surface area contributed by atoms with Gasteiger partial charge in [0.05, 0.1) is 34.3 Å². The van der Waals surface area contributed by atoms with Gasteiger partial charge in [-0.1, -0.05) is 87.8 Å². The fourth-order valence-corrected chi connectivity index (χ4v) is 15.1. The molecule has 0 bridgehead atoms. The molecule has 5 aromatic rings. The van der Waals surface area contributed by atoms with Gasteiger partial charge in [-0.25, -0.2) is 35.9 Å². The summed E-state index contributed by atoms with van der Waals surface area (Å²) in [4.78, 5) is 62.9. The van der Waals surface area contributed by atoms with Gasteiger partial charge in [0.1, 0.15) is 46.6 Å². The van der Waals surface area contributed by atoms with E-state index in [1.165, 1.54) is 23.5 Å². The summed E-state index contributed by atoms with van der Waals surface area (Å²) in [5.41, 5.74) is 4.90. The molecule has 1 aliphatic carbocycles. The highest BCUT2D eigenvalue weighted by Gasteiger charge is 2.31. The maximum Gasteiger partial charge on any atom is 0.314 e. The zero-order valence-electron chi connectivity index (χ0n) is 57.1. The van der Waals surface area contributed by atoms with E-state index in [-0.39, 0.29) is 54.2 Å². The van der Waals surface area contributed by atoms with Crippen LogP contribution >= 0.6 is 11.3 Å². The molecule has 3 aromatic carbocycles. The number of carbonyl (C=O) groups excluding carboxylic acids is 4. The Hall–Kier alpha value is -7.75. The molecule has 2 atom stereocenters. The lowest BCUT2D eigenvalue weighted by molar-refractivity contribution is -0.132. The monoisotopic (exact) mass is 1390 g/mol. The molecule has 2 aliphatic heterocycles. The standard InChI is InChI=1S/C71H99N13O10S3/c1-7-83(8-2)54-29-32-58-63(43-54)94-64-44-55(84(9-3)10-4)30-33-59(64)67(58)60-34-31-57(46-65(60)97(91,92)93)96(89,90)76-39-24-18-16-14-12-11-13-15-17-23-37-73-71(88)74-38-25-22-28-61(78-66(85)45-56-49-95-70(72)81(56)6)68(86)79-62(69(87)77-52-35-40-80(5)41-36-52)42-53-48-82(50-75-53)47-51-26-20-19-21-27-51/h19-21,26-27,29-34,43-44,46,48-50,52,61-62,72,76H,7-18,22-25,28,35-42,45,47H2,1-6H3,(H5-,73,74,77,78,79,85,86,87,88,91,92,93)/t61-,62-/m0/s1. The molecule has 97 heavy (non-hydrogen) atoms. The minimum Gasteiger partial charge on any atom is -0.744 e. The number of nitrogens with zero attached hydrogens (tertiary/aromatic N) is 6. The number of unbranched alkanes of at least 4 members (excludes halogenated alkanes) is 10. The van der Waals surface area contributed by atoms with Crippen LogP contribution in [0.2, 0.25) is 0 Å². The van der Waals surface area contributed by atoms with Crippen LogP contribution in [0.1, 0.15) is 141 Å². The van der Waals surface area contributed by atoms with E-state index in [1.807, 2.05) is 77.5 Å². The molecule has 0 spiro atoms. The van der Waals surface area contributed by atoms with Crippen molar-refractivity contribution in [3.8, 4) is 22.5 Å². The number of thiazole rings is 1. The molecule has 8 rings (SSSR count). The van der Waals surface area contributed by atoms with Gasteiger partial charge in [-0.15, -0.1) is 11.3 Å². The third-order valence-corrected chi connectivity index (χ3v) is 21.4. The van der Waals surface area contributed by atoms with Crippen molar-refractivity contribution in [3.05, 3.63) is 130 Å². The van der Waals surface area contributed by atoms with Crippen LogP contribution in [0.5, 0.6) is 0 Å². The lowest BCUT2D eigenvalue weighted by Crippen LogP contribution is -2.56. The van der Waals surface area contributed by atoms with E-state index in [9.17, 15) is 40.6 Å². The number of urea groups is 1. The van der Waals surface area contributed by atoms with Gasteiger partial charge in [0.25, 0.3) is 0 Å². The van der Waals surface area contributed by atoms with Crippen molar-refractivity contribution in [1.82, 2.24) is 54.9 Å². The fourth-order valence-electron chi connectivity index (χ4n) is 12.5. The van der Waals surface area contributed by atoms with E-state index in [0.29, 0.717) is 82.9 Å². The van der Waals surface area contributed by atoms with Crippen LogP contribution in [0.25, 0.3) is 33.4 Å². The molecule has 0 unspecified atom stereocenters. The van der Waals surface area contributed by atoms with Crippen molar-refractivity contribution < 1.29 is 45.0 Å². The minimum absolute atomic E-state index is 0.0353. The second-order valence-corrected chi connectivity index (χ2v) is 29.1. The smallest absolute Gasteiger partial charge is 0.314 e. The Morgan fingerprint density at radius 2 is 1.40 bits per heavy atom. The molecule has 5 amide bonds. The third-order valence-electron chi connectivity index (χ3n) is 18.2. The summed E-state index contributed by atoms with van der Waals surface area (Å²) in [5.74, 6) is -0.715. The van der Waals surface area contributed by atoms with Gasteiger partial charge in [-0.05, 0) is 129 Å². The molecule has 1 saturated heterocycles. The molecular formula is C71H99N13O10S3. The van der Waals surface area contributed by atoms with E-state index in [1.54, 1.807) is 23.3 Å². The molecule has 3 aliphatic rings. The summed E-state index contributed by atoms with van der Waals surface area (Å²) in [6, 6.07) is 22.8. The highest BCUT2D eigenvalue weighted by atomic mass is 32.2. The van der Waals surface area contributed by atoms with Crippen molar-refractivity contribution in [1.29, 1.82) is 5.41 Å². The first-order valence-corrected chi connectivity index (χ1v) is 38.2. The molecule has 0 radical (unpaired) electrons. The van der Waals surface area contributed by atoms with Gasteiger partial charge in [-0.3, -0.25) is 19.8 Å². The van der Waals surface area contributed by atoms with Crippen molar-refractivity contribution in [2.75, 3.05) is 70.9 Å². The number of imidazole rings is 1. The number of fused-ring (bicyclic) bond motifs is 2. The Morgan fingerprint density at radius 1 is 0.753 bits per heavy atom. The van der Waals surface area contributed by atoms with Crippen LogP contribution in [0.15, 0.2) is 117 Å². The molecule has 2 aromatic heterocycles. The largest absolute Gasteiger partial charge is 0.744 e. The van der Waals surface area contributed by atoms with Crippen LogP contribution in [-0.2, 0) is 61.0 Å². The number of hydrogen-bond acceptors (Lipinski definition) is 15. The van der Waals surface area contributed by atoms with Gasteiger partial charge in [0.2, 0.25) is 33.1 Å². The normalized spacial score (nSPS) is 13.7. The van der Waals surface area contributed by atoms with Crippen LogP contribution in [0.4, 0.5) is 10.5 Å². The molecule has 26 heteroatoms. The van der Waals surface area contributed by atoms with Crippen molar-refractivity contribution in [2.24, 2.45) is 7.05 Å². The highest BCUT2D eigenvalue weighted by Crippen LogP contribution is 2.43. The van der Waals surface area contributed by atoms with Gasteiger partial charge in [0.15, 0.2) is 4.80 Å². The predicted molar refractivity (Wildman–Crippen MR) is 380 cm³/mol. The van der Waals surface area contributed by atoms with E-state index in [4.69, 9.17) is 9.83 Å². The number of likely N-dealkylation sites (tertiary alicyclic amines) is 1. The average molecular weight is 1390 g/mol. The maximum absolute atomic E-state index is 14.3. The van der Waals surface area contributed by atoms with Gasteiger partial charge >= 0.3 is 6.03 Å². The van der Waals surface area contributed by atoms with E-state index < -0.39 is 48.9 Å². The van der Waals surface area contributed by atoms with Crippen molar-refractivity contribution in [2.45, 2.75) is 171 Å². The molecule has 0 saturated carbocycles. The second-order valence-electron chi connectivity index (χ2n) is 25.2. The van der Waals surface area contributed by atoms with Crippen LogP contribution in [0, 0.1) is 5.41 Å². The van der Waals surface area contributed by atoms with Crippen LogP contribution in [0.3, 0.4) is 0 Å². The number of sulfonamides is 1. The summed E-state index contributed by atoms with van der Waals surface area (Å²) < 4.78 is 81.5. The maximum atomic E-state index is 14.3. The number of carbonyl (C=O) groups is 4. The first kappa shape index (κ1) is 75.0. The number of nitrogens with one attached hydrogen (secondary N) is 7.